The number of nitrogens with zero attached hydrogens (tertiary/aromatic N) is 2. The summed E-state index contributed by atoms with van der Waals surface area (Å²) in [6.07, 6.45) is 3.24. The van der Waals surface area contributed by atoms with E-state index in [1.54, 1.807) is 12.1 Å². The molecule has 2 aliphatic rings. The number of carbonyl (C=O) groups is 2. The van der Waals surface area contributed by atoms with E-state index in [0.717, 1.165) is 25.0 Å². The van der Waals surface area contributed by atoms with Gasteiger partial charge in [0.1, 0.15) is 34.7 Å². The summed E-state index contributed by atoms with van der Waals surface area (Å²) in [6.45, 7) is 6.52. The van der Waals surface area contributed by atoms with E-state index >= 15 is 0 Å². The highest BCUT2D eigenvalue weighted by Gasteiger charge is 2.49. The summed E-state index contributed by atoms with van der Waals surface area (Å²) < 4.78 is 53.0. The van der Waals surface area contributed by atoms with Gasteiger partial charge in [0, 0.05) is 62.0 Å². The monoisotopic (exact) mass is 612 g/mol. The van der Waals surface area contributed by atoms with Gasteiger partial charge in [0.2, 0.25) is 0 Å². The molecule has 1 N–H and O–H groups in total. The zero-order chi connectivity index (χ0) is 31.9. The maximum Gasteiger partial charge on any atom is 0.185 e. The molecule has 5 rings (SSSR count). The Morgan fingerprint density at radius 2 is 1.75 bits per heavy atom. The fourth-order valence-electron chi connectivity index (χ4n) is 6.84. The van der Waals surface area contributed by atoms with Crippen molar-refractivity contribution in [3.8, 4) is 17.1 Å². The zero-order valence-electron chi connectivity index (χ0n) is 25.6. The maximum absolute atomic E-state index is 14.9. The molecule has 10 heteroatoms. The molecular formula is C34H39F3N2O5. The molecule has 0 spiro atoms. The van der Waals surface area contributed by atoms with E-state index in [0.29, 0.717) is 37.2 Å². The number of likely N-dealkylation sites (tertiary alicyclic amines) is 1. The minimum atomic E-state index is -0.834. The van der Waals surface area contributed by atoms with Gasteiger partial charge in [-0.05, 0) is 61.8 Å². The van der Waals surface area contributed by atoms with Crippen molar-refractivity contribution >= 4 is 11.6 Å². The summed E-state index contributed by atoms with van der Waals surface area (Å²) in [5, 5.41) is 14.3. The summed E-state index contributed by atoms with van der Waals surface area (Å²) in [4.78, 5) is 29.4. The van der Waals surface area contributed by atoms with Crippen molar-refractivity contribution < 1.29 is 37.1 Å². The molecule has 3 aromatic rings. The van der Waals surface area contributed by atoms with Crippen LogP contribution in [0, 0.1) is 22.9 Å². The van der Waals surface area contributed by atoms with Gasteiger partial charge in [-0.15, -0.1) is 0 Å². The fraction of sp³-hybridized carbons (Fsp3) is 0.500. The molecule has 0 amide bonds. The molecule has 236 valence electrons. The Morgan fingerprint density at radius 1 is 1.05 bits per heavy atom. The Morgan fingerprint density at radius 3 is 2.39 bits per heavy atom. The number of methoxy groups -OCH3 is 1. The van der Waals surface area contributed by atoms with E-state index in [-0.39, 0.29) is 53.9 Å². The average molecular weight is 613 g/mol. The first-order valence-corrected chi connectivity index (χ1v) is 15.0. The molecular weight excluding hydrogens is 573 g/mol. The van der Waals surface area contributed by atoms with Gasteiger partial charge in [-0.3, -0.25) is 14.5 Å². The van der Waals surface area contributed by atoms with Gasteiger partial charge in [-0.2, -0.15) is 0 Å². The van der Waals surface area contributed by atoms with E-state index in [1.807, 2.05) is 20.8 Å². The molecule has 2 aromatic carbocycles. The lowest BCUT2D eigenvalue weighted by atomic mass is 9.68. The Hall–Kier alpha value is -3.50. The predicted octanol–water partition coefficient (Wildman–Crippen LogP) is 6.66. The quantitative estimate of drug-likeness (QED) is 0.242. The number of aromatic nitrogens is 1. The zero-order valence-corrected chi connectivity index (χ0v) is 25.6. The van der Waals surface area contributed by atoms with E-state index in [4.69, 9.17) is 9.26 Å². The molecule has 1 aliphatic heterocycles. The van der Waals surface area contributed by atoms with Crippen LogP contribution >= 0.6 is 0 Å². The van der Waals surface area contributed by atoms with Crippen LogP contribution in [0.3, 0.4) is 0 Å². The number of ether oxygens (including phenoxy) is 1. The number of halogens is 3. The van der Waals surface area contributed by atoms with Crippen molar-refractivity contribution in [2.75, 3.05) is 20.2 Å². The normalized spacial score (nSPS) is 22.0. The lowest BCUT2D eigenvalue weighted by molar-refractivity contribution is -0.128. The molecule has 0 atom stereocenters. The van der Waals surface area contributed by atoms with Crippen LogP contribution in [-0.4, -0.2) is 58.6 Å². The third kappa shape index (κ3) is 6.91. The topological polar surface area (TPSA) is 92.9 Å². The third-order valence-corrected chi connectivity index (χ3v) is 9.27. The Kier molecular flexibility index (Phi) is 8.79. The lowest BCUT2D eigenvalue weighted by Crippen LogP contribution is -2.62. The van der Waals surface area contributed by atoms with Crippen LogP contribution in [0.1, 0.15) is 81.8 Å². The van der Waals surface area contributed by atoms with Crippen LogP contribution < -0.4 is 4.74 Å². The number of ketones is 2. The van der Waals surface area contributed by atoms with E-state index in [2.05, 4.69) is 10.1 Å². The minimum Gasteiger partial charge on any atom is -0.497 e. The number of aliphatic hydroxyl groups is 1. The molecule has 0 bridgehead atoms. The minimum absolute atomic E-state index is 0.00310. The number of carbonyl (C=O) groups excluding carboxylic acids is 2. The number of Topliss-reactive ketones (excluding diaryl/α,β-unsaturated/α-hetero) is 2. The maximum atomic E-state index is 14.9. The van der Waals surface area contributed by atoms with Gasteiger partial charge in [0.25, 0.3) is 0 Å². The highest BCUT2D eigenvalue weighted by atomic mass is 19.1. The van der Waals surface area contributed by atoms with Crippen molar-refractivity contribution in [2.45, 2.75) is 82.8 Å². The first-order chi connectivity index (χ1) is 20.7. The predicted molar refractivity (Wildman–Crippen MR) is 158 cm³/mol. The molecule has 1 aromatic heterocycles. The summed E-state index contributed by atoms with van der Waals surface area (Å²) in [6, 6.07) is 9.23. The second kappa shape index (κ2) is 12.1. The molecule has 1 saturated carbocycles. The van der Waals surface area contributed by atoms with Crippen LogP contribution in [0.25, 0.3) is 11.3 Å². The Balaban J connectivity index is 1.32. The third-order valence-electron chi connectivity index (χ3n) is 9.27. The van der Waals surface area contributed by atoms with Crippen molar-refractivity contribution in [1.82, 2.24) is 10.1 Å². The van der Waals surface area contributed by atoms with Crippen molar-refractivity contribution in [2.24, 2.45) is 5.41 Å². The largest absolute Gasteiger partial charge is 0.497 e. The second-order valence-corrected chi connectivity index (χ2v) is 13.6. The SMILES string of the molecule is COc1ccc(C(C)(C)CC(=O)CC2(CC(=O)c3cc(-c4ccc(F)cc4F)on3)CN(C3CCC(C)(O)CC3)C2)c(F)c1. The number of hydrogen-bond donors (Lipinski definition) is 1. The summed E-state index contributed by atoms with van der Waals surface area (Å²) in [5.74, 6) is -2.05. The number of hydrogen-bond acceptors (Lipinski definition) is 7. The van der Waals surface area contributed by atoms with Gasteiger partial charge < -0.3 is 14.4 Å². The van der Waals surface area contributed by atoms with Gasteiger partial charge in [0.15, 0.2) is 11.5 Å². The van der Waals surface area contributed by atoms with Gasteiger partial charge in [-0.1, -0.05) is 25.1 Å². The van der Waals surface area contributed by atoms with Crippen molar-refractivity contribution in [3.63, 3.8) is 0 Å². The average Bonchev–Trinajstić information content (AvgIpc) is 3.41. The van der Waals surface area contributed by atoms with Crippen molar-refractivity contribution in [3.05, 3.63) is 71.2 Å². The molecule has 2 fully saturated rings. The van der Waals surface area contributed by atoms with Crippen molar-refractivity contribution in [1.29, 1.82) is 0 Å². The van der Waals surface area contributed by atoms with Crippen LogP contribution in [0.5, 0.6) is 5.75 Å². The van der Waals surface area contributed by atoms with Crippen LogP contribution in [0.4, 0.5) is 13.2 Å². The molecule has 0 unspecified atom stereocenters. The Bertz CT molecular complexity index is 1530. The highest BCUT2D eigenvalue weighted by molar-refractivity contribution is 5.96. The highest BCUT2D eigenvalue weighted by Crippen LogP contribution is 2.44. The first kappa shape index (κ1) is 31.9. The van der Waals surface area contributed by atoms with E-state index in [1.165, 1.54) is 25.3 Å². The van der Waals surface area contributed by atoms with Gasteiger partial charge in [-0.25, -0.2) is 13.2 Å². The summed E-state index contributed by atoms with van der Waals surface area (Å²) >= 11 is 0. The second-order valence-electron chi connectivity index (χ2n) is 13.6. The van der Waals surface area contributed by atoms with Crippen LogP contribution in [0.2, 0.25) is 0 Å². The molecule has 2 heterocycles. The number of rotatable bonds is 11. The fourth-order valence-corrected chi connectivity index (χ4v) is 6.84. The smallest absolute Gasteiger partial charge is 0.185 e. The first-order valence-electron chi connectivity index (χ1n) is 15.0. The molecule has 7 nitrogen and oxygen atoms in total. The summed E-state index contributed by atoms with van der Waals surface area (Å²) in [7, 11) is 1.46. The van der Waals surface area contributed by atoms with Gasteiger partial charge in [0.05, 0.1) is 18.3 Å². The van der Waals surface area contributed by atoms with Crippen LogP contribution in [0.15, 0.2) is 47.0 Å². The lowest BCUT2D eigenvalue weighted by Gasteiger charge is -2.54. The van der Waals surface area contributed by atoms with E-state index < -0.39 is 33.9 Å². The molecule has 1 aliphatic carbocycles. The van der Waals surface area contributed by atoms with E-state index in [9.17, 15) is 27.9 Å². The Labute approximate surface area is 255 Å². The molecule has 44 heavy (non-hydrogen) atoms. The summed E-state index contributed by atoms with van der Waals surface area (Å²) in [5.41, 5.74) is -1.74. The molecule has 1 saturated heterocycles. The molecule has 0 radical (unpaired) electrons. The van der Waals surface area contributed by atoms with Gasteiger partial charge >= 0.3 is 0 Å². The van der Waals surface area contributed by atoms with Crippen LogP contribution in [-0.2, 0) is 10.2 Å². The number of benzene rings is 2. The standard InChI is InChI=1S/C34H39F3N2O5/c1-32(2,26-8-6-24(43-4)14-28(26)37)16-23(40)17-34(19-39(20-34)22-9-11-33(3,42)12-10-22)18-30(41)29-15-31(44-38-29)25-7-5-21(35)13-27(25)36/h5-8,13-15,22,42H,9-12,16-20H2,1-4H3.